The Balaban J connectivity index is 1.76. The van der Waals surface area contributed by atoms with Gasteiger partial charge in [0.25, 0.3) is 0 Å². The number of aliphatic hydroxyl groups is 1. The molecule has 1 amide bonds. The number of rotatable bonds is 6. The Bertz CT molecular complexity index is 1100. The Labute approximate surface area is 195 Å². The lowest BCUT2D eigenvalue weighted by Crippen LogP contribution is -2.50. The van der Waals surface area contributed by atoms with Gasteiger partial charge >= 0.3 is 0 Å². The molecule has 0 spiro atoms. The zero-order chi connectivity index (χ0) is 23.8. The van der Waals surface area contributed by atoms with Crippen LogP contribution in [0.15, 0.2) is 47.6 Å². The van der Waals surface area contributed by atoms with E-state index in [0.29, 0.717) is 6.54 Å². The van der Waals surface area contributed by atoms with Gasteiger partial charge in [-0.2, -0.15) is 4.31 Å². The summed E-state index contributed by atoms with van der Waals surface area (Å²) in [4.78, 5) is 18.4. The molecule has 1 saturated carbocycles. The summed E-state index contributed by atoms with van der Waals surface area (Å²) in [6.45, 7) is 3.87. The molecule has 4 rings (SSSR count). The van der Waals surface area contributed by atoms with E-state index in [2.05, 4.69) is 4.98 Å². The Hall–Kier alpha value is -2.49. The quantitative estimate of drug-likeness (QED) is 0.692. The average molecular weight is 474 g/mol. The van der Waals surface area contributed by atoms with Crippen molar-refractivity contribution in [3.8, 4) is 16.9 Å². The van der Waals surface area contributed by atoms with Crippen LogP contribution in [-0.4, -0.2) is 72.5 Å². The summed E-state index contributed by atoms with van der Waals surface area (Å²) in [5.74, 6) is 0.242. The fraction of sp³-hybridized carbons (Fsp3) is 0.500. The molecular formula is C24H31N3O5S. The van der Waals surface area contributed by atoms with Crippen LogP contribution in [0.2, 0.25) is 0 Å². The Morgan fingerprint density at radius 1 is 1.24 bits per heavy atom. The zero-order valence-electron chi connectivity index (χ0n) is 19.2. The fourth-order valence-corrected chi connectivity index (χ4v) is 6.00. The summed E-state index contributed by atoms with van der Waals surface area (Å²) >= 11 is 0. The van der Waals surface area contributed by atoms with Gasteiger partial charge in [0.05, 0.1) is 13.2 Å². The van der Waals surface area contributed by atoms with Crippen LogP contribution in [0.25, 0.3) is 11.1 Å². The highest BCUT2D eigenvalue weighted by Gasteiger charge is 2.39. The number of nitrogens with zero attached hydrogens (tertiary/aromatic N) is 3. The first kappa shape index (κ1) is 23.7. The summed E-state index contributed by atoms with van der Waals surface area (Å²) in [5.41, 5.74) is 1.70. The number of sulfonamides is 1. The number of benzene rings is 1. The van der Waals surface area contributed by atoms with Crippen LogP contribution in [-0.2, 0) is 14.8 Å². The van der Waals surface area contributed by atoms with Crippen LogP contribution in [0.5, 0.6) is 5.75 Å². The maximum atomic E-state index is 13.6. The molecule has 9 heteroatoms. The van der Waals surface area contributed by atoms with Gasteiger partial charge in [-0.1, -0.05) is 13.0 Å². The molecule has 1 aromatic carbocycles. The SMILES string of the molecule is C[C@H](CO)N1C[C@H](C)[C@H](CN(C)C(=O)C2CC2)Oc2cc(-c3ccncc3)ccc2S1(=O)=O. The van der Waals surface area contributed by atoms with E-state index in [1.165, 1.54) is 4.31 Å². The van der Waals surface area contributed by atoms with Crippen LogP contribution in [0.4, 0.5) is 0 Å². The molecule has 1 aromatic heterocycles. The number of amides is 1. The third-order valence-corrected chi connectivity index (χ3v) is 8.46. The molecule has 1 aliphatic carbocycles. The smallest absolute Gasteiger partial charge is 0.247 e. The van der Waals surface area contributed by atoms with E-state index in [-0.39, 0.29) is 41.5 Å². The number of pyridine rings is 1. The summed E-state index contributed by atoms with van der Waals surface area (Å²) in [7, 11) is -2.13. The minimum Gasteiger partial charge on any atom is -0.487 e. The van der Waals surface area contributed by atoms with E-state index in [0.717, 1.165) is 24.0 Å². The van der Waals surface area contributed by atoms with E-state index in [4.69, 9.17) is 4.74 Å². The lowest BCUT2D eigenvalue weighted by atomic mass is 10.0. The molecule has 33 heavy (non-hydrogen) atoms. The number of carbonyl (C=O) groups is 1. The molecule has 0 unspecified atom stereocenters. The fourth-order valence-electron chi connectivity index (χ4n) is 4.17. The van der Waals surface area contributed by atoms with Crippen LogP contribution in [0.3, 0.4) is 0 Å². The van der Waals surface area contributed by atoms with Gasteiger partial charge in [-0.25, -0.2) is 8.42 Å². The van der Waals surface area contributed by atoms with Gasteiger partial charge in [0, 0.05) is 43.9 Å². The second-order valence-corrected chi connectivity index (χ2v) is 11.0. The summed E-state index contributed by atoms with van der Waals surface area (Å²) in [5, 5.41) is 9.76. The normalized spacial score (nSPS) is 23.5. The molecule has 1 fully saturated rings. The number of aromatic nitrogens is 1. The van der Waals surface area contributed by atoms with Gasteiger partial charge in [0.1, 0.15) is 16.7 Å². The van der Waals surface area contributed by atoms with Crippen LogP contribution >= 0.6 is 0 Å². The monoisotopic (exact) mass is 473 g/mol. The lowest BCUT2D eigenvalue weighted by Gasteiger charge is -2.37. The number of likely N-dealkylation sites (N-methyl/N-ethyl adjacent to an activating group) is 1. The number of hydrogen-bond donors (Lipinski definition) is 1. The predicted octanol–water partition coefficient (Wildman–Crippen LogP) is 2.39. The molecule has 0 bridgehead atoms. The summed E-state index contributed by atoms with van der Waals surface area (Å²) < 4.78 is 34.8. The molecule has 2 aliphatic rings. The van der Waals surface area contributed by atoms with Gasteiger partial charge in [-0.05, 0) is 55.2 Å². The maximum absolute atomic E-state index is 13.6. The Morgan fingerprint density at radius 2 is 1.94 bits per heavy atom. The van der Waals surface area contributed by atoms with Gasteiger partial charge < -0.3 is 14.7 Å². The highest BCUT2D eigenvalue weighted by atomic mass is 32.2. The van der Waals surface area contributed by atoms with Gasteiger partial charge in [-0.15, -0.1) is 0 Å². The van der Waals surface area contributed by atoms with Gasteiger partial charge in [0.2, 0.25) is 15.9 Å². The molecule has 1 N–H and O–H groups in total. The first-order chi connectivity index (χ1) is 15.7. The second-order valence-electron chi connectivity index (χ2n) is 9.13. The number of hydrogen-bond acceptors (Lipinski definition) is 6. The van der Waals surface area contributed by atoms with Crippen molar-refractivity contribution in [2.45, 2.75) is 43.7 Å². The van der Waals surface area contributed by atoms with Crippen molar-refractivity contribution < 1.29 is 23.1 Å². The van der Waals surface area contributed by atoms with Crippen LogP contribution in [0, 0.1) is 11.8 Å². The largest absolute Gasteiger partial charge is 0.487 e. The van der Waals surface area contributed by atoms with E-state index in [1.54, 1.807) is 49.5 Å². The minimum atomic E-state index is -3.90. The molecule has 2 heterocycles. The second kappa shape index (κ2) is 9.40. The number of fused-ring (bicyclic) bond motifs is 1. The molecule has 1 aliphatic heterocycles. The lowest BCUT2D eigenvalue weighted by molar-refractivity contribution is -0.132. The van der Waals surface area contributed by atoms with Crippen LogP contribution in [0.1, 0.15) is 26.7 Å². The molecule has 178 valence electrons. The number of carbonyl (C=O) groups excluding carboxylic acids is 1. The molecule has 8 nitrogen and oxygen atoms in total. The van der Waals surface area contributed by atoms with Crippen molar-refractivity contribution in [3.05, 3.63) is 42.7 Å². The maximum Gasteiger partial charge on any atom is 0.247 e. The standard InChI is InChI=1S/C24H31N3O5S/c1-16-13-27(17(2)15-28)33(30,31)23-7-6-20(18-8-10-25-11-9-18)12-21(23)32-22(16)14-26(3)24(29)19-4-5-19/h6-12,16-17,19,22,28H,4-5,13-15H2,1-3H3/t16-,17+,22-/m0/s1. The van der Waals surface area contributed by atoms with Crippen molar-refractivity contribution >= 4 is 15.9 Å². The average Bonchev–Trinajstić information content (AvgIpc) is 3.66. The molecule has 2 aromatic rings. The van der Waals surface area contributed by atoms with Crippen molar-refractivity contribution in [1.29, 1.82) is 0 Å². The highest BCUT2D eigenvalue weighted by molar-refractivity contribution is 7.89. The highest BCUT2D eigenvalue weighted by Crippen LogP contribution is 2.37. The van der Waals surface area contributed by atoms with Gasteiger partial charge in [0.15, 0.2) is 0 Å². The third-order valence-electron chi connectivity index (χ3n) is 6.44. The van der Waals surface area contributed by atoms with Crippen molar-refractivity contribution in [2.75, 3.05) is 26.7 Å². The molecular weight excluding hydrogens is 442 g/mol. The van der Waals surface area contributed by atoms with E-state index in [1.807, 2.05) is 19.1 Å². The Morgan fingerprint density at radius 3 is 2.58 bits per heavy atom. The van der Waals surface area contributed by atoms with Gasteiger partial charge in [-0.3, -0.25) is 9.78 Å². The first-order valence-electron chi connectivity index (χ1n) is 11.3. The number of ether oxygens (including phenoxy) is 1. The van der Waals surface area contributed by atoms with E-state index < -0.39 is 22.2 Å². The first-order valence-corrected chi connectivity index (χ1v) is 12.7. The summed E-state index contributed by atoms with van der Waals surface area (Å²) in [6.07, 6.45) is 4.79. The third kappa shape index (κ3) is 4.90. The predicted molar refractivity (Wildman–Crippen MR) is 124 cm³/mol. The molecule has 0 radical (unpaired) electrons. The van der Waals surface area contributed by atoms with Crippen LogP contribution < -0.4 is 4.74 Å². The molecule has 3 atom stereocenters. The van der Waals surface area contributed by atoms with E-state index in [9.17, 15) is 18.3 Å². The molecule has 0 saturated heterocycles. The van der Waals surface area contributed by atoms with E-state index >= 15 is 0 Å². The van der Waals surface area contributed by atoms with Crippen molar-refractivity contribution in [1.82, 2.24) is 14.2 Å². The minimum absolute atomic E-state index is 0.0636. The number of aliphatic hydroxyl groups excluding tert-OH is 1. The Kier molecular flexibility index (Phi) is 6.74. The van der Waals surface area contributed by atoms with Crippen molar-refractivity contribution in [2.24, 2.45) is 11.8 Å². The summed E-state index contributed by atoms with van der Waals surface area (Å²) in [6, 6.07) is 8.15. The topological polar surface area (TPSA) is 100 Å². The zero-order valence-corrected chi connectivity index (χ0v) is 20.0. The van der Waals surface area contributed by atoms with Crippen molar-refractivity contribution in [3.63, 3.8) is 0 Å².